The number of nitrogens with zero attached hydrogens (tertiary/aromatic N) is 2. The number of aromatic amines is 1. The summed E-state index contributed by atoms with van der Waals surface area (Å²) in [6.07, 6.45) is 4.52. The van der Waals surface area contributed by atoms with E-state index in [0.717, 1.165) is 42.1 Å². The fourth-order valence-electron chi connectivity index (χ4n) is 5.92. The highest BCUT2D eigenvalue weighted by atomic mass is 16.2. The van der Waals surface area contributed by atoms with Gasteiger partial charge in [-0.05, 0) is 50.7 Å². The van der Waals surface area contributed by atoms with Gasteiger partial charge in [0.05, 0.1) is 30.6 Å². The summed E-state index contributed by atoms with van der Waals surface area (Å²) in [5, 5.41) is 21.9. The minimum atomic E-state index is -1.30. The molecule has 0 saturated heterocycles. The quantitative estimate of drug-likeness (QED) is 0.0841. The maximum absolute atomic E-state index is 13.2. The average Bonchev–Trinajstić information content (AvgIpc) is 3.50. The van der Waals surface area contributed by atoms with E-state index in [0.29, 0.717) is 6.54 Å². The van der Waals surface area contributed by atoms with Gasteiger partial charge in [0.1, 0.15) is 18.1 Å². The number of carbonyl (C=O) groups is 7. The van der Waals surface area contributed by atoms with E-state index in [-0.39, 0.29) is 31.7 Å². The molecule has 18 nitrogen and oxygen atoms in total. The summed E-state index contributed by atoms with van der Waals surface area (Å²) in [4.78, 5) is 90.4. The van der Waals surface area contributed by atoms with Gasteiger partial charge < -0.3 is 48.8 Å². The van der Waals surface area contributed by atoms with Crippen molar-refractivity contribution in [1.82, 2.24) is 31.6 Å². The molecule has 1 aromatic carbocycles. The van der Waals surface area contributed by atoms with Gasteiger partial charge in [-0.15, -0.1) is 0 Å². The van der Waals surface area contributed by atoms with Crippen molar-refractivity contribution in [2.75, 3.05) is 13.1 Å². The molecule has 1 aromatic heterocycles. The van der Waals surface area contributed by atoms with Crippen molar-refractivity contribution in [2.45, 2.75) is 94.0 Å². The van der Waals surface area contributed by atoms with Crippen LogP contribution in [-0.2, 0) is 40.0 Å². The second kappa shape index (κ2) is 16.8. The zero-order valence-corrected chi connectivity index (χ0v) is 27.8. The molecule has 3 heterocycles. The lowest BCUT2D eigenvalue weighted by Crippen LogP contribution is -2.55. The van der Waals surface area contributed by atoms with Crippen LogP contribution in [0.2, 0.25) is 0 Å². The highest BCUT2D eigenvalue weighted by Crippen LogP contribution is 2.38. The molecule has 4 atom stereocenters. The van der Waals surface area contributed by atoms with E-state index >= 15 is 0 Å². The van der Waals surface area contributed by atoms with Crippen LogP contribution in [0.3, 0.4) is 0 Å². The molecule has 2 aliphatic heterocycles. The van der Waals surface area contributed by atoms with Crippen LogP contribution in [0.1, 0.15) is 57.4 Å². The molecule has 270 valence electrons. The fourth-order valence-corrected chi connectivity index (χ4v) is 5.92. The van der Waals surface area contributed by atoms with E-state index < -0.39 is 77.6 Å². The molecule has 1 fully saturated rings. The van der Waals surface area contributed by atoms with Crippen molar-refractivity contribution in [3.05, 3.63) is 36.0 Å². The van der Waals surface area contributed by atoms with Gasteiger partial charge in [0.15, 0.2) is 0 Å². The molecule has 7 amide bonds. The number of para-hydroxylation sites is 1. The van der Waals surface area contributed by atoms with E-state index in [1.807, 2.05) is 24.3 Å². The maximum atomic E-state index is 13.2. The first kappa shape index (κ1) is 37.4. The Kier molecular flexibility index (Phi) is 12.6. The lowest BCUT2D eigenvalue weighted by molar-refractivity contribution is -0.133. The summed E-state index contributed by atoms with van der Waals surface area (Å²) in [6.45, 7) is 1.07. The number of nitrogens with one attached hydrogen (secondary N) is 6. The second-order valence-corrected chi connectivity index (χ2v) is 12.9. The normalized spacial score (nSPS) is 20.2. The highest BCUT2D eigenvalue weighted by molar-refractivity contribution is 5.95. The van der Waals surface area contributed by atoms with Crippen LogP contribution >= 0.6 is 0 Å². The fraction of sp³-hybridized carbons (Fsp3) is 0.531. The zero-order valence-electron chi connectivity index (χ0n) is 27.8. The molecule has 1 saturated carbocycles. The summed E-state index contributed by atoms with van der Waals surface area (Å²) in [7, 11) is 0. The van der Waals surface area contributed by atoms with Crippen molar-refractivity contribution < 1.29 is 33.6 Å². The van der Waals surface area contributed by atoms with E-state index in [9.17, 15) is 33.6 Å². The largest absolute Gasteiger partial charge is 0.370 e. The van der Waals surface area contributed by atoms with E-state index in [2.05, 4.69) is 41.8 Å². The minimum absolute atomic E-state index is 0.0589. The molecule has 0 radical (unpaired) electrons. The Balaban J connectivity index is 1.23. The lowest BCUT2D eigenvalue weighted by atomic mass is 9.78. The van der Waals surface area contributed by atoms with Gasteiger partial charge in [-0.3, -0.25) is 33.6 Å². The topological polar surface area (TPSA) is 298 Å². The third-order valence-electron chi connectivity index (χ3n) is 8.94. The summed E-state index contributed by atoms with van der Waals surface area (Å²) >= 11 is 0. The molecule has 2 aromatic rings. The molecule has 12 N–H and O–H groups in total. The summed E-state index contributed by atoms with van der Waals surface area (Å²) in [5.74, 6) is -5.05. The van der Waals surface area contributed by atoms with Crippen molar-refractivity contribution in [2.24, 2.45) is 27.4 Å². The number of rotatable bonds is 18. The molecule has 0 unspecified atom stereocenters. The van der Waals surface area contributed by atoms with Crippen LogP contribution in [0.5, 0.6) is 0 Å². The lowest BCUT2D eigenvalue weighted by Gasteiger charge is -2.39. The number of hydrogen-bond acceptors (Lipinski definition) is 10. The Bertz CT molecular complexity index is 1630. The first-order valence-corrected chi connectivity index (χ1v) is 16.5. The molecule has 3 aliphatic rings. The van der Waals surface area contributed by atoms with Crippen LogP contribution in [0, 0.1) is 0 Å². The van der Waals surface area contributed by atoms with Crippen molar-refractivity contribution in [3.8, 4) is 0 Å². The van der Waals surface area contributed by atoms with Crippen molar-refractivity contribution in [3.63, 3.8) is 0 Å². The highest BCUT2D eigenvalue weighted by Gasteiger charge is 2.40. The maximum Gasteiger partial charge on any atom is 0.243 e. The zero-order chi connectivity index (χ0) is 36.4. The van der Waals surface area contributed by atoms with Gasteiger partial charge >= 0.3 is 0 Å². The standard InChI is InChI=1S/C32H45N11O7/c1-17(39-30(49)21(33)13-26(45)38-16-32-10-8-19(9-11-32)42-43-32)29(48)37-15-27(46)40-23(6-7-25(34)44)31(50)41-24(28(35)47)12-18-14-36-22-5-3-2-4-20(18)22/h2-5,14,17,19,21,23-24,36H,6-13,15-16,33H2,1H3,(H2,34,44)(H2,35,47)(H,37,48)(H,38,45)(H,39,49)(H,40,46)(H,41,50)/t17-,19?,21-,23-,24-,32?/m0/s1. The van der Waals surface area contributed by atoms with Gasteiger partial charge in [-0.2, -0.15) is 10.2 Å². The number of aromatic nitrogens is 1. The predicted molar refractivity (Wildman–Crippen MR) is 180 cm³/mol. The number of H-pyrrole nitrogens is 1. The molecule has 1 aliphatic carbocycles. The summed E-state index contributed by atoms with van der Waals surface area (Å²) in [5.41, 5.74) is 17.9. The monoisotopic (exact) mass is 695 g/mol. The first-order valence-electron chi connectivity index (χ1n) is 16.5. The molecular formula is C32H45N11O7. The first-order chi connectivity index (χ1) is 23.7. The molecule has 0 spiro atoms. The third kappa shape index (κ3) is 10.3. The Hall–Kier alpha value is -5.39. The van der Waals surface area contributed by atoms with Gasteiger partial charge in [0.25, 0.3) is 0 Å². The number of benzene rings is 1. The second-order valence-electron chi connectivity index (χ2n) is 12.9. The Labute approximate surface area is 287 Å². The van der Waals surface area contributed by atoms with Crippen LogP contribution in [-0.4, -0.2) is 95.2 Å². The van der Waals surface area contributed by atoms with Crippen molar-refractivity contribution in [1.29, 1.82) is 0 Å². The number of fused-ring (bicyclic) bond motifs is 3. The molecule has 2 bridgehead atoms. The number of amides is 7. The molecule has 18 heteroatoms. The van der Waals surface area contributed by atoms with E-state index in [1.54, 1.807) is 6.20 Å². The molecular weight excluding hydrogens is 650 g/mol. The van der Waals surface area contributed by atoms with Gasteiger partial charge in [-0.25, -0.2) is 0 Å². The summed E-state index contributed by atoms with van der Waals surface area (Å²) < 4.78 is 0. The number of nitrogens with two attached hydrogens (primary N) is 3. The van der Waals surface area contributed by atoms with Gasteiger partial charge in [-0.1, -0.05) is 18.2 Å². The minimum Gasteiger partial charge on any atom is -0.370 e. The van der Waals surface area contributed by atoms with Gasteiger partial charge in [0.2, 0.25) is 41.4 Å². The summed E-state index contributed by atoms with van der Waals surface area (Å²) in [6, 6.07) is 2.83. The van der Waals surface area contributed by atoms with Crippen LogP contribution in [0.15, 0.2) is 40.7 Å². The number of primary amides is 2. The van der Waals surface area contributed by atoms with Crippen LogP contribution < -0.4 is 43.8 Å². The number of carbonyl (C=O) groups excluding carboxylic acids is 7. The van der Waals surface area contributed by atoms with E-state index in [4.69, 9.17) is 17.2 Å². The Morgan fingerprint density at radius 2 is 1.64 bits per heavy atom. The predicted octanol–water partition coefficient (Wildman–Crippen LogP) is -1.97. The van der Waals surface area contributed by atoms with Crippen LogP contribution in [0.25, 0.3) is 10.9 Å². The van der Waals surface area contributed by atoms with Crippen molar-refractivity contribution >= 4 is 52.3 Å². The van der Waals surface area contributed by atoms with Crippen LogP contribution in [0.4, 0.5) is 0 Å². The third-order valence-corrected chi connectivity index (χ3v) is 8.94. The van der Waals surface area contributed by atoms with Gasteiger partial charge in [0, 0.05) is 36.5 Å². The smallest absolute Gasteiger partial charge is 0.243 e. The average molecular weight is 696 g/mol. The molecule has 50 heavy (non-hydrogen) atoms. The molecule has 5 rings (SSSR count). The number of hydrogen-bond donors (Lipinski definition) is 9. The Morgan fingerprint density at radius 1 is 0.920 bits per heavy atom. The number of azo groups is 1. The Morgan fingerprint density at radius 3 is 2.30 bits per heavy atom. The SMILES string of the molecule is C[C@H](NC(=O)[C@@H](N)CC(=O)NCC12CCC(CC1)N=N2)C(=O)NCC(=O)N[C@@H](CCC(N)=O)C(=O)N[C@@H](Cc1c[nH]c2ccccc12)C(N)=O. The van der Waals surface area contributed by atoms with E-state index in [1.165, 1.54) is 6.92 Å².